The first-order valence-electron chi connectivity index (χ1n) is 10.5. The van der Waals surface area contributed by atoms with Gasteiger partial charge in [-0.2, -0.15) is 5.26 Å². The quantitative estimate of drug-likeness (QED) is 0.225. The van der Waals surface area contributed by atoms with E-state index in [1.165, 1.54) is 0 Å². The third-order valence-electron chi connectivity index (χ3n) is 5.32. The second-order valence-electron chi connectivity index (χ2n) is 7.70. The Hall–Kier alpha value is -3.78. The van der Waals surface area contributed by atoms with Gasteiger partial charge in [-0.25, -0.2) is 0 Å². The van der Waals surface area contributed by atoms with Crippen molar-refractivity contribution >= 4 is 51.6 Å². The van der Waals surface area contributed by atoms with Gasteiger partial charge in [-0.3, -0.25) is 4.79 Å². The number of hydrogen-bond donors (Lipinski definition) is 1. The van der Waals surface area contributed by atoms with Crippen molar-refractivity contribution in [1.82, 2.24) is 0 Å². The lowest BCUT2D eigenvalue weighted by Gasteiger charge is -2.13. The van der Waals surface area contributed by atoms with Crippen molar-refractivity contribution in [3.05, 3.63) is 111 Å². The molecule has 0 saturated carbocycles. The predicted molar refractivity (Wildman–Crippen MR) is 138 cm³/mol. The van der Waals surface area contributed by atoms with Crippen molar-refractivity contribution in [3.63, 3.8) is 0 Å². The van der Waals surface area contributed by atoms with Crippen LogP contribution in [-0.2, 0) is 11.4 Å². The number of rotatable bonds is 6. The second kappa shape index (κ2) is 10.4. The van der Waals surface area contributed by atoms with Crippen LogP contribution < -0.4 is 10.1 Å². The first-order valence-corrected chi connectivity index (χ1v) is 11.3. The summed E-state index contributed by atoms with van der Waals surface area (Å²) in [4.78, 5) is 13.0. The van der Waals surface area contributed by atoms with Crippen LogP contribution in [0.15, 0.2) is 84.4 Å². The Morgan fingerprint density at radius 2 is 1.79 bits per heavy atom. The van der Waals surface area contributed by atoms with Gasteiger partial charge in [-0.15, -0.1) is 0 Å². The molecular formula is C28H20Cl2N2O2. The van der Waals surface area contributed by atoms with Crippen LogP contribution in [0.4, 0.5) is 5.69 Å². The van der Waals surface area contributed by atoms with E-state index in [0.29, 0.717) is 27.0 Å². The average Bonchev–Trinajstić information content (AvgIpc) is 2.83. The number of nitrogens with zero attached hydrogens (tertiary/aromatic N) is 1. The van der Waals surface area contributed by atoms with Gasteiger partial charge in [0.1, 0.15) is 24.0 Å². The lowest BCUT2D eigenvalue weighted by Crippen LogP contribution is -2.14. The highest BCUT2D eigenvalue weighted by Gasteiger charge is 2.15. The minimum atomic E-state index is -0.526. The van der Waals surface area contributed by atoms with Crippen LogP contribution in [-0.4, -0.2) is 5.91 Å². The minimum absolute atomic E-state index is 0.0525. The molecule has 0 spiro atoms. The van der Waals surface area contributed by atoms with Crippen LogP contribution in [0.5, 0.6) is 5.75 Å². The topological polar surface area (TPSA) is 62.1 Å². The number of anilines is 1. The minimum Gasteiger partial charge on any atom is -0.488 e. The van der Waals surface area contributed by atoms with Gasteiger partial charge in [0.05, 0.1) is 0 Å². The van der Waals surface area contributed by atoms with Gasteiger partial charge in [-0.05, 0) is 65.2 Å². The summed E-state index contributed by atoms with van der Waals surface area (Å²) >= 11 is 12.2. The van der Waals surface area contributed by atoms with Crippen LogP contribution in [0.1, 0.15) is 16.7 Å². The van der Waals surface area contributed by atoms with E-state index < -0.39 is 5.91 Å². The number of fused-ring (bicyclic) bond motifs is 1. The molecule has 0 saturated heterocycles. The second-order valence-corrected chi connectivity index (χ2v) is 8.57. The van der Waals surface area contributed by atoms with E-state index in [4.69, 9.17) is 27.9 Å². The molecule has 0 aliphatic heterocycles. The molecule has 1 amide bonds. The van der Waals surface area contributed by atoms with Crippen LogP contribution in [0.25, 0.3) is 16.8 Å². The van der Waals surface area contributed by atoms with Gasteiger partial charge in [0, 0.05) is 21.3 Å². The van der Waals surface area contributed by atoms with Crippen LogP contribution in [0.3, 0.4) is 0 Å². The number of carbonyl (C=O) groups excluding carboxylic acids is 1. The molecular weight excluding hydrogens is 467 g/mol. The number of benzene rings is 4. The van der Waals surface area contributed by atoms with Gasteiger partial charge >= 0.3 is 0 Å². The Morgan fingerprint density at radius 1 is 1.00 bits per heavy atom. The van der Waals surface area contributed by atoms with E-state index >= 15 is 0 Å². The molecule has 6 heteroatoms. The van der Waals surface area contributed by atoms with Gasteiger partial charge in [0.25, 0.3) is 5.91 Å². The molecule has 4 nitrogen and oxygen atoms in total. The van der Waals surface area contributed by atoms with Gasteiger partial charge in [-0.1, -0.05) is 71.7 Å². The molecule has 0 fully saturated rings. The van der Waals surface area contributed by atoms with Crippen LogP contribution in [0, 0.1) is 18.3 Å². The van der Waals surface area contributed by atoms with E-state index in [0.717, 1.165) is 21.9 Å². The van der Waals surface area contributed by atoms with Crippen molar-refractivity contribution in [1.29, 1.82) is 5.26 Å². The molecule has 34 heavy (non-hydrogen) atoms. The van der Waals surface area contributed by atoms with Gasteiger partial charge < -0.3 is 10.1 Å². The van der Waals surface area contributed by atoms with E-state index in [-0.39, 0.29) is 12.2 Å². The van der Waals surface area contributed by atoms with Crippen LogP contribution in [0.2, 0.25) is 10.0 Å². The summed E-state index contributed by atoms with van der Waals surface area (Å²) in [7, 11) is 0. The molecule has 0 bridgehead atoms. The summed E-state index contributed by atoms with van der Waals surface area (Å²) in [5.74, 6) is 0.0275. The Kier molecular flexibility index (Phi) is 7.18. The largest absolute Gasteiger partial charge is 0.488 e. The smallest absolute Gasteiger partial charge is 0.266 e. The number of aryl methyl sites for hydroxylation is 1. The number of carbonyl (C=O) groups is 1. The molecule has 0 unspecified atom stereocenters. The molecule has 4 aromatic rings. The molecule has 4 rings (SSSR count). The lowest BCUT2D eigenvalue weighted by molar-refractivity contribution is -0.112. The van der Waals surface area contributed by atoms with E-state index in [1.807, 2.05) is 67.6 Å². The first-order chi connectivity index (χ1) is 16.4. The zero-order chi connectivity index (χ0) is 24.1. The Morgan fingerprint density at radius 3 is 2.59 bits per heavy atom. The fourth-order valence-electron chi connectivity index (χ4n) is 3.55. The summed E-state index contributed by atoms with van der Waals surface area (Å²) in [6.45, 7) is 2.14. The molecule has 0 heterocycles. The maximum absolute atomic E-state index is 13.0. The normalized spacial score (nSPS) is 11.2. The number of nitrogens with one attached hydrogen (secondary N) is 1. The molecule has 4 aromatic carbocycles. The molecule has 1 N–H and O–H groups in total. The van der Waals surface area contributed by atoms with Crippen molar-refractivity contribution < 1.29 is 9.53 Å². The molecule has 0 aromatic heterocycles. The highest BCUT2D eigenvalue weighted by molar-refractivity contribution is 6.31. The molecule has 0 radical (unpaired) electrons. The Bertz CT molecular complexity index is 1450. The number of nitriles is 1. The Labute approximate surface area is 208 Å². The van der Waals surface area contributed by atoms with E-state index in [1.54, 1.807) is 30.3 Å². The SMILES string of the molecule is Cc1ccc(Cl)cc1NC(=O)/C(C#N)=C/c1c(OCc2cccc(Cl)c2)ccc2ccccc12. The Balaban J connectivity index is 1.71. The number of ether oxygens (including phenoxy) is 1. The lowest BCUT2D eigenvalue weighted by atomic mass is 10.0. The maximum Gasteiger partial charge on any atom is 0.266 e. The first kappa shape index (κ1) is 23.4. The third kappa shape index (κ3) is 5.40. The summed E-state index contributed by atoms with van der Waals surface area (Å²) < 4.78 is 6.10. The zero-order valence-electron chi connectivity index (χ0n) is 18.3. The van der Waals surface area contributed by atoms with Crippen molar-refractivity contribution in [2.45, 2.75) is 13.5 Å². The summed E-state index contributed by atoms with van der Waals surface area (Å²) in [5, 5.41) is 15.5. The standard InChI is InChI=1S/C28H20Cl2N2O2/c1-18-9-11-23(30)15-26(18)32-28(33)21(16-31)14-25-24-8-3-2-6-20(24)10-12-27(25)34-17-19-5-4-7-22(29)13-19/h2-15H,17H2,1H3,(H,32,33)/b21-14+. The van der Waals surface area contributed by atoms with Gasteiger partial charge in [0.15, 0.2) is 0 Å². The maximum atomic E-state index is 13.0. The third-order valence-corrected chi connectivity index (χ3v) is 5.79. The fourth-order valence-corrected chi connectivity index (χ4v) is 3.93. The number of amides is 1. The zero-order valence-corrected chi connectivity index (χ0v) is 19.8. The van der Waals surface area contributed by atoms with Crippen LogP contribution >= 0.6 is 23.2 Å². The predicted octanol–water partition coefficient (Wildman–Crippen LogP) is 7.58. The highest BCUT2D eigenvalue weighted by atomic mass is 35.5. The van der Waals surface area contributed by atoms with Crippen molar-refractivity contribution in [3.8, 4) is 11.8 Å². The monoisotopic (exact) mass is 486 g/mol. The fraction of sp³-hybridized carbons (Fsp3) is 0.0714. The van der Waals surface area contributed by atoms with E-state index in [9.17, 15) is 10.1 Å². The van der Waals surface area contributed by atoms with Crippen molar-refractivity contribution in [2.75, 3.05) is 5.32 Å². The molecule has 0 aliphatic carbocycles. The highest BCUT2D eigenvalue weighted by Crippen LogP contribution is 2.31. The summed E-state index contributed by atoms with van der Waals surface area (Å²) in [6.07, 6.45) is 1.56. The van der Waals surface area contributed by atoms with Gasteiger partial charge in [0.2, 0.25) is 0 Å². The number of hydrogen-bond acceptors (Lipinski definition) is 3. The molecule has 168 valence electrons. The summed E-state index contributed by atoms with van der Waals surface area (Å²) in [6, 6.07) is 26.2. The molecule has 0 aliphatic rings. The molecule has 0 atom stereocenters. The average molecular weight is 487 g/mol. The number of halogens is 2. The van der Waals surface area contributed by atoms with E-state index in [2.05, 4.69) is 5.32 Å². The summed E-state index contributed by atoms with van der Waals surface area (Å²) in [5.41, 5.74) is 2.89. The van der Waals surface area contributed by atoms with Crippen molar-refractivity contribution in [2.24, 2.45) is 0 Å².